The summed E-state index contributed by atoms with van der Waals surface area (Å²) in [5.74, 6) is -0.770. The van der Waals surface area contributed by atoms with Crippen molar-refractivity contribution < 1.29 is 104 Å². The van der Waals surface area contributed by atoms with Crippen LogP contribution in [0.3, 0.4) is 0 Å². The summed E-state index contributed by atoms with van der Waals surface area (Å²) < 4.78 is 154. The van der Waals surface area contributed by atoms with Gasteiger partial charge < -0.3 is 53.0 Å². The number of nitrogens with one attached hydrogen (secondary N) is 2. The maximum absolute atomic E-state index is 13.2. The summed E-state index contributed by atoms with van der Waals surface area (Å²) in [6, 6.07) is 18.5. The second-order valence-electron chi connectivity index (χ2n) is 19.8. The molecule has 4 aliphatic rings. The van der Waals surface area contributed by atoms with Crippen molar-refractivity contribution in [1.82, 2.24) is 24.7 Å². The van der Waals surface area contributed by atoms with Crippen molar-refractivity contribution in [2.24, 2.45) is 0 Å². The fourth-order valence-electron chi connectivity index (χ4n) is 9.70. The summed E-state index contributed by atoms with van der Waals surface area (Å²) in [6.45, 7) is 10.2. The van der Waals surface area contributed by atoms with Crippen LogP contribution in [0.15, 0.2) is 72.8 Å². The van der Waals surface area contributed by atoms with Gasteiger partial charge in [-0.15, -0.1) is 0 Å². The molecule has 29 heteroatoms. The third kappa shape index (κ3) is 21.7. The number of piperidine rings is 2. The van der Waals surface area contributed by atoms with E-state index in [1.807, 2.05) is 4.90 Å². The van der Waals surface area contributed by atoms with Gasteiger partial charge in [0.2, 0.25) is 5.91 Å². The van der Waals surface area contributed by atoms with Crippen LogP contribution in [-0.2, 0) is 34.3 Å². The number of amides is 1. The van der Waals surface area contributed by atoms with Crippen molar-refractivity contribution >= 4 is 34.9 Å². The fourth-order valence-corrected chi connectivity index (χ4v) is 9.70. The second-order valence-corrected chi connectivity index (χ2v) is 19.8. The van der Waals surface area contributed by atoms with Gasteiger partial charge >= 0.3 is 43.6 Å². The molecule has 2 aromatic carbocycles. The minimum Gasteiger partial charge on any atom is -1.00 e. The number of rotatable bonds is 14. The van der Waals surface area contributed by atoms with Gasteiger partial charge in [0.1, 0.15) is 23.8 Å². The molecule has 4 saturated heterocycles. The third-order valence-corrected chi connectivity index (χ3v) is 14.1. The molecular weight excluding hydrogens is 1140 g/mol. The van der Waals surface area contributed by atoms with Gasteiger partial charge in [-0.1, -0.05) is 0 Å². The molecule has 1 amide bonds. The average molecular weight is 1200 g/mol. The normalized spacial score (nSPS) is 16.8. The van der Waals surface area contributed by atoms with Crippen LogP contribution in [-0.4, -0.2) is 140 Å². The van der Waals surface area contributed by atoms with Crippen molar-refractivity contribution in [3.8, 4) is 12.1 Å². The first-order chi connectivity index (χ1) is 38.3. The zero-order valence-corrected chi connectivity index (χ0v) is 46.1. The van der Waals surface area contributed by atoms with Crippen LogP contribution in [0.25, 0.3) is 0 Å². The summed E-state index contributed by atoms with van der Waals surface area (Å²) in [5, 5.41) is 36.1. The molecule has 0 radical (unpaired) electrons. The molecular formula is C54H62ClF12LiN12O3. The van der Waals surface area contributed by atoms with Gasteiger partial charge in [0.25, 0.3) is 0 Å². The molecule has 4 aromatic rings. The number of benzene rings is 2. The number of hydrogen-bond acceptors (Lipinski definition) is 13. The molecule has 15 nitrogen and oxygen atoms in total. The number of nitrogens with zero attached hydrogens (tertiary/aromatic N) is 9. The number of carboxylic acids is 1. The van der Waals surface area contributed by atoms with Crippen molar-refractivity contribution in [1.29, 1.82) is 10.5 Å². The number of aliphatic carboxylic acids is 1. The van der Waals surface area contributed by atoms with Gasteiger partial charge in [-0.05, 0) is 118 Å². The van der Waals surface area contributed by atoms with Crippen molar-refractivity contribution in [3.05, 3.63) is 106 Å². The van der Waals surface area contributed by atoms with Crippen LogP contribution in [0, 0.1) is 22.7 Å². The molecule has 4 aliphatic heterocycles. The van der Waals surface area contributed by atoms with Gasteiger partial charge in [0.05, 0.1) is 35.3 Å². The fraction of sp³-hybridized carbons (Fsp3) is 0.519. The van der Waals surface area contributed by atoms with E-state index in [9.17, 15) is 67.4 Å². The Morgan fingerprint density at radius 2 is 0.916 bits per heavy atom. The molecule has 0 atom stereocenters. The number of alkyl halides is 12. The molecule has 2 aromatic heterocycles. The number of likely N-dealkylation sites (tertiary alicyclic amines) is 1. The predicted molar refractivity (Wildman–Crippen MR) is 273 cm³/mol. The molecule has 0 unspecified atom stereocenters. The number of carboxylic acid groups (broad SMARTS) is 1. The summed E-state index contributed by atoms with van der Waals surface area (Å²) in [6.07, 6.45) is -13.4. The van der Waals surface area contributed by atoms with E-state index in [1.165, 1.54) is 48.5 Å². The average Bonchev–Trinajstić information content (AvgIpc) is 3.55. The van der Waals surface area contributed by atoms with Crippen LogP contribution < -0.4 is 62.1 Å². The Kier molecular flexibility index (Phi) is 26.4. The molecule has 83 heavy (non-hydrogen) atoms. The summed E-state index contributed by atoms with van der Waals surface area (Å²) in [7, 11) is 0. The summed E-state index contributed by atoms with van der Waals surface area (Å²) >= 11 is 0. The van der Waals surface area contributed by atoms with E-state index in [-0.39, 0.29) is 67.3 Å². The van der Waals surface area contributed by atoms with Gasteiger partial charge in [-0.25, -0.2) is 9.97 Å². The standard InChI is InChI=1S/C27H30F6N6O.C15H19F3N2O2.C12H13F3N4.ClH.Li/c28-26(29,30)20-4-6-22(7-5-20)38-16-14-37(15-17-38)11-1-2-24(40)39-12-9-21(10-13-39)35-23-8-3-19(18-34)25(36-23)27(31,32)33;16-15(17,18)12-3-5-13(6-4-12)20-10-8-19(9-11-20)7-1-2-14(21)22;13-12(14,15)11-8(7-16)1-2-10(19-11)18-9-3-5-17-6-4-9;;/h3-8,21H,1-2,9-17H2,(H,35,36);3-6H,1-2,7-11H2,(H,21,22);1-2,9,17H,3-6H2,(H,18,19);1H;/q;;;;+1/p-1. The number of hydrogen-bond donors (Lipinski definition) is 3. The first kappa shape index (κ1) is 69.3. The van der Waals surface area contributed by atoms with Crippen LogP contribution >= 0.6 is 0 Å². The van der Waals surface area contributed by atoms with Crippen molar-refractivity contribution in [2.75, 3.05) is 112 Å². The number of nitrogens with two attached hydrogens (primary N) is 1. The van der Waals surface area contributed by atoms with Crippen LogP contribution in [0.2, 0.25) is 0 Å². The third-order valence-electron chi connectivity index (χ3n) is 14.1. The number of aromatic nitrogens is 2. The number of carbonyl (C=O) groups is 2. The van der Waals surface area contributed by atoms with Crippen LogP contribution in [0.1, 0.15) is 85.0 Å². The Balaban J connectivity index is 0.000000291. The van der Waals surface area contributed by atoms with Crippen LogP contribution in [0.5, 0.6) is 0 Å². The van der Waals surface area contributed by atoms with E-state index in [4.69, 9.17) is 10.5 Å². The van der Waals surface area contributed by atoms with Crippen molar-refractivity contribution in [3.63, 3.8) is 0 Å². The molecule has 0 aliphatic carbocycles. The van der Waals surface area contributed by atoms with Gasteiger partial charge in [-0.3, -0.25) is 14.6 Å². The maximum Gasteiger partial charge on any atom is 1.00 e. The zero-order chi connectivity index (χ0) is 59.0. The Morgan fingerprint density at radius 3 is 1.27 bits per heavy atom. The van der Waals surface area contributed by atoms with Gasteiger partial charge in [0.15, 0.2) is 11.4 Å². The van der Waals surface area contributed by atoms with Crippen molar-refractivity contribution in [2.45, 2.75) is 88.2 Å². The summed E-state index contributed by atoms with van der Waals surface area (Å²) in [4.78, 5) is 40.4. The Hall–Kier alpha value is -6.21. The largest absolute Gasteiger partial charge is 1.00 e. The Bertz CT molecular complexity index is 2750. The molecule has 0 saturated carbocycles. The topological polar surface area (TPSA) is 187 Å². The van der Waals surface area contributed by atoms with E-state index in [2.05, 4.69) is 40.6 Å². The van der Waals surface area contributed by atoms with Crippen LogP contribution in [0.4, 0.5) is 75.7 Å². The smallest absolute Gasteiger partial charge is 1.00 e. The van der Waals surface area contributed by atoms with E-state index < -0.39 is 64.3 Å². The molecule has 4 N–H and O–H groups in total. The molecule has 6 heterocycles. The number of pyridine rings is 2. The van der Waals surface area contributed by atoms with E-state index in [1.54, 1.807) is 4.90 Å². The first-order valence-corrected chi connectivity index (χ1v) is 26.4. The minimum absolute atomic E-state index is 0. The first-order valence-electron chi connectivity index (χ1n) is 26.4. The molecule has 448 valence electrons. The molecule has 4 fully saturated rings. The van der Waals surface area contributed by atoms with Gasteiger partial charge in [-0.2, -0.15) is 63.2 Å². The SMILES string of the molecule is N#Cc1ccc(NC2CCN(C(=O)CCCN3CCN(c4ccc(C(F)(F)F)cc4)CC3)CC2)nc1C(F)(F)F.N#Cc1ccc(NC2CC[NH2+]CC2)nc1C(F)(F)F.O=C([O-])CCCN1CCN(c2ccc(C(F)(F)F)cc2)CC1.[Cl-].[Li+]. The van der Waals surface area contributed by atoms with E-state index in [0.29, 0.717) is 64.8 Å². The Labute approximate surface area is 490 Å². The monoisotopic (exact) mass is 1200 g/mol. The summed E-state index contributed by atoms with van der Waals surface area (Å²) in [5.41, 5.74) is -3.08. The molecule has 0 spiro atoms. The number of carbonyl (C=O) groups excluding carboxylic acids is 2. The molecule has 0 bridgehead atoms. The predicted octanol–water partition coefficient (Wildman–Crippen LogP) is 1.47. The quantitative estimate of drug-likeness (QED) is 0.122. The number of quaternary nitrogens is 1. The van der Waals surface area contributed by atoms with E-state index >= 15 is 0 Å². The number of nitriles is 2. The molecule has 8 rings (SSSR count). The number of halogens is 13. The maximum atomic E-state index is 13.2. The Morgan fingerprint density at radius 1 is 0.542 bits per heavy atom. The number of anilines is 4. The second kappa shape index (κ2) is 31.6. The van der Waals surface area contributed by atoms with E-state index in [0.717, 1.165) is 120 Å². The van der Waals surface area contributed by atoms with Gasteiger partial charge in [0, 0.05) is 114 Å². The zero-order valence-electron chi connectivity index (χ0n) is 45.4. The minimum atomic E-state index is -4.72. The number of piperazine rings is 2.